The summed E-state index contributed by atoms with van der Waals surface area (Å²) in [5, 5.41) is 10.4. The number of hydrogen-bond donors (Lipinski definition) is 1. The summed E-state index contributed by atoms with van der Waals surface area (Å²) in [6, 6.07) is 3.07. The molecule has 0 bridgehead atoms. The Balaban J connectivity index is 1.62. The molecule has 1 atom stereocenters. The van der Waals surface area contributed by atoms with E-state index in [4.69, 9.17) is 19.0 Å². The second kappa shape index (κ2) is 12.3. The van der Waals surface area contributed by atoms with Gasteiger partial charge in [0.25, 0.3) is 5.91 Å². The SMILES string of the molecule is CCOC(=O)CON=C(C(=O)N1CCOC(COc2cncc(C(=O)OC)c2)C1)c1ccn[nH]1. The van der Waals surface area contributed by atoms with Gasteiger partial charge in [0.15, 0.2) is 5.71 Å². The third-order valence-corrected chi connectivity index (χ3v) is 4.60. The van der Waals surface area contributed by atoms with Gasteiger partial charge in [0.1, 0.15) is 18.5 Å². The Morgan fingerprint density at radius 2 is 2.18 bits per heavy atom. The van der Waals surface area contributed by atoms with Crippen LogP contribution in [0.3, 0.4) is 0 Å². The zero-order valence-corrected chi connectivity index (χ0v) is 18.8. The average molecular weight is 475 g/mol. The number of hydrogen-bond acceptors (Lipinski definition) is 11. The molecule has 1 saturated heterocycles. The molecule has 13 nitrogen and oxygen atoms in total. The van der Waals surface area contributed by atoms with Crippen molar-refractivity contribution in [2.45, 2.75) is 13.0 Å². The molecule has 182 valence electrons. The van der Waals surface area contributed by atoms with Crippen molar-refractivity contribution in [3.8, 4) is 5.75 Å². The van der Waals surface area contributed by atoms with E-state index in [1.165, 1.54) is 36.7 Å². The fourth-order valence-corrected chi connectivity index (χ4v) is 3.01. The van der Waals surface area contributed by atoms with Gasteiger partial charge in [-0.2, -0.15) is 5.10 Å². The summed E-state index contributed by atoms with van der Waals surface area (Å²) in [5.41, 5.74) is 0.543. The number of methoxy groups -OCH3 is 1. The van der Waals surface area contributed by atoms with Gasteiger partial charge in [-0.25, -0.2) is 9.59 Å². The maximum absolute atomic E-state index is 13.2. The maximum Gasteiger partial charge on any atom is 0.347 e. The van der Waals surface area contributed by atoms with Crippen molar-refractivity contribution >= 4 is 23.6 Å². The molecule has 1 aliphatic rings. The summed E-state index contributed by atoms with van der Waals surface area (Å²) in [6.45, 7) is 2.38. The van der Waals surface area contributed by atoms with Gasteiger partial charge in [-0.15, -0.1) is 0 Å². The second-order valence-corrected chi connectivity index (χ2v) is 6.94. The summed E-state index contributed by atoms with van der Waals surface area (Å²) >= 11 is 0. The Hall–Kier alpha value is -4.00. The zero-order chi connectivity index (χ0) is 24.3. The van der Waals surface area contributed by atoms with Gasteiger partial charge in [-0.05, 0) is 19.1 Å². The molecule has 13 heteroatoms. The van der Waals surface area contributed by atoms with Crippen molar-refractivity contribution in [1.82, 2.24) is 20.1 Å². The number of morpholine rings is 1. The second-order valence-electron chi connectivity index (χ2n) is 6.94. The normalized spacial score (nSPS) is 16.0. The van der Waals surface area contributed by atoms with E-state index >= 15 is 0 Å². The minimum atomic E-state index is -0.600. The number of H-pyrrole nitrogens is 1. The van der Waals surface area contributed by atoms with Crippen molar-refractivity contribution in [3.63, 3.8) is 0 Å². The molecule has 0 radical (unpaired) electrons. The van der Waals surface area contributed by atoms with Crippen molar-refractivity contribution in [1.29, 1.82) is 0 Å². The Labute approximate surface area is 195 Å². The van der Waals surface area contributed by atoms with Crippen LogP contribution in [0, 0.1) is 0 Å². The predicted molar refractivity (Wildman–Crippen MR) is 115 cm³/mol. The molecule has 1 amide bonds. The summed E-state index contributed by atoms with van der Waals surface area (Å²) < 4.78 is 20.9. The largest absolute Gasteiger partial charge is 0.489 e. The lowest BCUT2D eigenvalue weighted by Crippen LogP contribution is -2.50. The van der Waals surface area contributed by atoms with Crippen LogP contribution in [0.1, 0.15) is 23.0 Å². The summed E-state index contributed by atoms with van der Waals surface area (Å²) in [6.07, 6.45) is 3.86. The number of aromatic nitrogens is 3. The van der Waals surface area contributed by atoms with E-state index in [9.17, 15) is 14.4 Å². The minimum Gasteiger partial charge on any atom is -0.489 e. The number of nitrogens with one attached hydrogen (secondary N) is 1. The van der Waals surface area contributed by atoms with E-state index in [0.717, 1.165) is 0 Å². The Morgan fingerprint density at radius 1 is 1.32 bits per heavy atom. The molecule has 0 aromatic carbocycles. The third kappa shape index (κ3) is 6.75. The summed E-state index contributed by atoms with van der Waals surface area (Å²) in [4.78, 5) is 46.8. The monoisotopic (exact) mass is 475 g/mol. The molecule has 1 unspecified atom stereocenters. The molecule has 3 rings (SSSR count). The van der Waals surface area contributed by atoms with Crippen LogP contribution < -0.4 is 4.74 Å². The van der Waals surface area contributed by atoms with Crippen LogP contribution >= 0.6 is 0 Å². The van der Waals surface area contributed by atoms with Gasteiger partial charge in [-0.3, -0.25) is 14.9 Å². The lowest BCUT2D eigenvalue weighted by molar-refractivity contribution is -0.148. The van der Waals surface area contributed by atoms with Crippen LogP contribution in [0.4, 0.5) is 0 Å². The highest BCUT2D eigenvalue weighted by molar-refractivity contribution is 6.44. The third-order valence-electron chi connectivity index (χ3n) is 4.60. The number of carbonyl (C=O) groups is 3. The van der Waals surface area contributed by atoms with E-state index in [-0.39, 0.29) is 37.6 Å². The van der Waals surface area contributed by atoms with E-state index in [0.29, 0.717) is 18.0 Å². The van der Waals surface area contributed by atoms with E-state index in [1.54, 1.807) is 13.0 Å². The topological polar surface area (TPSA) is 155 Å². The van der Waals surface area contributed by atoms with Crippen LogP contribution in [0.25, 0.3) is 0 Å². The lowest BCUT2D eigenvalue weighted by atomic mass is 10.2. The van der Waals surface area contributed by atoms with Crippen LogP contribution in [0.2, 0.25) is 0 Å². The summed E-state index contributed by atoms with van der Waals surface area (Å²) in [5.74, 6) is -1.20. The fourth-order valence-electron chi connectivity index (χ4n) is 3.01. The number of carbonyl (C=O) groups excluding carboxylic acids is 3. The van der Waals surface area contributed by atoms with Crippen molar-refractivity contribution in [2.24, 2.45) is 5.16 Å². The Kier molecular flexibility index (Phi) is 8.91. The number of nitrogens with zero attached hydrogens (tertiary/aromatic N) is 4. The predicted octanol–water partition coefficient (Wildman–Crippen LogP) is 0.182. The fraction of sp³-hybridized carbons (Fsp3) is 0.429. The minimum absolute atomic E-state index is 0.0432. The molecule has 34 heavy (non-hydrogen) atoms. The first-order valence-corrected chi connectivity index (χ1v) is 10.4. The quantitative estimate of drug-likeness (QED) is 0.286. The lowest BCUT2D eigenvalue weighted by Gasteiger charge is -2.32. The number of esters is 2. The molecule has 1 fully saturated rings. The summed E-state index contributed by atoms with van der Waals surface area (Å²) in [7, 11) is 1.28. The molecule has 2 aromatic rings. The molecule has 0 saturated carbocycles. The van der Waals surface area contributed by atoms with Gasteiger partial charge in [0.05, 0.1) is 44.3 Å². The maximum atomic E-state index is 13.2. The highest BCUT2D eigenvalue weighted by Gasteiger charge is 2.29. The number of ether oxygens (including phenoxy) is 4. The first-order chi connectivity index (χ1) is 16.5. The smallest absolute Gasteiger partial charge is 0.347 e. The molecule has 0 aliphatic carbocycles. The van der Waals surface area contributed by atoms with E-state index in [2.05, 4.69) is 25.1 Å². The molecule has 3 heterocycles. The number of aromatic amines is 1. The van der Waals surface area contributed by atoms with Gasteiger partial charge >= 0.3 is 11.9 Å². The Morgan fingerprint density at radius 3 is 2.91 bits per heavy atom. The van der Waals surface area contributed by atoms with E-state index in [1.807, 2.05) is 0 Å². The van der Waals surface area contributed by atoms with Gasteiger partial charge in [-0.1, -0.05) is 5.16 Å². The molecular formula is C21H25N5O8. The molecule has 2 aromatic heterocycles. The number of amides is 1. The average Bonchev–Trinajstić information content (AvgIpc) is 3.39. The van der Waals surface area contributed by atoms with Crippen LogP contribution in [-0.2, 0) is 28.6 Å². The van der Waals surface area contributed by atoms with Crippen molar-refractivity contribution in [3.05, 3.63) is 42.0 Å². The zero-order valence-electron chi connectivity index (χ0n) is 18.8. The number of pyridine rings is 1. The highest BCUT2D eigenvalue weighted by atomic mass is 16.7. The number of rotatable bonds is 10. The van der Waals surface area contributed by atoms with Crippen molar-refractivity contribution < 1.29 is 38.2 Å². The molecule has 0 spiro atoms. The van der Waals surface area contributed by atoms with Gasteiger partial charge < -0.3 is 28.7 Å². The van der Waals surface area contributed by atoms with E-state index < -0.39 is 30.6 Å². The van der Waals surface area contributed by atoms with Crippen molar-refractivity contribution in [2.75, 3.05) is 46.6 Å². The van der Waals surface area contributed by atoms with Crippen LogP contribution in [-0.4, -0.2) is 96.4 Å². The molecule has 1 aliphatic heterocycles. The first kappa shape index (κ1) is 24.6. The first-order valence-electron chi connectivity index (χ1n) is 10.4. The van der Waals surface area contributed by atoms with Gasteiger partial charge in [0, 0.05) is 18.9 Å². The molecular weight excluding hydrogens is 450 g/mol. The van der Waals surface area contributed by atoms with Crippen LogP contribution in [0.15, 0.2) is 35.9 Å². The van der Waals surface area contributed by atoms with Gasteiger partial charge in [0.2, 0.25) is 6.61 Å². The standard InChI is InChI=1S/C21H25N5O8/c1-3-31-18(27)13-34-25-19(17-4-5-23-24-17)20(28)26-6-7-32-16(11-26)12-33-15-8-14(9-22-10-15)21(29)30-2/h4-5,8-10,16H,3,6-7,11-13H2,1-2H3,(H,23,24). The Bertz CT molecular complexity index is 1010. The number of oxime groups is 1. The van der Waals surface area contributed by atoms with Crippen LogP contribution in [0.5, 0.6) is 5.75 Å². The molecule has 1 N–H and O–H groups in total. The highest BCUT2D eigenvalue weighted by Crippen LogP contribution is 2.15.